The highest BCUT2D eigenvalue weighted by Gasteiger charge is 2.27. The molecule has 0 fully saturated rings. The van der Waals surface area contributed by atoms with Gasteiger partial charge in [0.1, 0.15) is 0 Å². The first-order valence-corrected chi connectivity index (χ1v) is 9.76. The fourth-order valence-corrected chi connectivity index (χ4v) is 4.10. The Morgan fingerprint density at radius 2 is 1.66 bits per heavy atom. The number of aromatic hydroxyl groups is 1. The summed E-state index contributed by atoms with van der Waals surface area (Å²) in [6.07, 6.45) is 0. The van der Waals surface area contributed by atoms with Crippen molar-refractivity contribution in [1.82, 2.24) is 4.57 Å². The lowest BCUT2D eigenvalue weighted by atomic mass is 10.0. The van der Waals surface area contributed by atoms with Gasteiger partial charge in [0, 0.05) is 20.7 Å². The first-order chi connectivity index (χ1) is 14.0. The topological polar surface area (TPSA) is 54.6 Å². The molecule has 0 bridgehead atoms. The molecule has 1 aliphatic rings. The zero-order valence-corrected chi connectivity index (χ0v) is 16.6. The van der Waals surface area contributed by atoms with Crippen molar-refractivity contribution in [1.29, 1.82) is 0 Å². The van der Waals surface area contributed by atoms with Crippen LogP contribution in [0.1, 0.15) is 11.1 Å². The Labute approximate surface area is 176 Å². The number of para-hydroxylation sites is 1. The lowest BCUT2D eigenvalue weighted by molar-refractivity contribution is -0.112. The highest BCUT2D eigenvalue weighted by atomic mass is 35.5. The average Bonchev–Trinajstić information content (AvgIpc) is 3.17. The van der Waals surface area contributed by atoms with Gasteiger partial charge in [0.25, 0.3) is 5.91 Å². The Hall–Kier alpha value is -3.08. The summed E-state index contributed by atoms with van der Waals surface area (Å²) in [6, 6.07) is 20.2. The van der Waals surface area contributed by atoms with Crippen LogP contribution in [0.4, 0.5) is 0 Å². The first-order valence-electron chi connectivity index (χ1n) is 9.01. The van der Waals surface area contributed by atoms with Gasteiger partial charge < -0.3 is 9.67 Å². The van der Waals surface area contributed by atoms with Crippen molar-refractivity contribution < 1.29 is 9.90 Å². The van der Waals surface area contributed by atoms with E-state index in [9.17, 15) is 9.90 Å². The molecule has 1 N–H and O–H groups in total. The predicted octanol–water partition coefficient (Wildman–Crippen LogP) is 4.06. The number of fused-ring (bicyclic) bond motifs is 2. The number of benzene rings is 3. The SMILES string of the molecule is O=C1N=c2ccc(Cl)cc2=C1c1c(O)n(Cc2ccc(Cl)cc2)c2ccccc12. The van der Waals surface area contributed by atoms with E-state index in [2.05, 4.69) is 4.99 Å². The van der Waals surface area contributed by atoms with Gasteiger partial charge in [-0.2, -0.15) is 0 Å². The van der Waals surface area contributed by atoms with Crippen LogP contribution in [0.3, 0.4) is 0 Å². The molecule has 142 valence electrons. The highest BCUT2D eigenvalue weighted by Crippen LogP contribution is 2.37. The van der Waals surface area contributed by atoms with Crippen LogP contribution in [0.25, 0.3) is 16.5 Å². The molecule has 0 saturated carbocycles. The van der Waals surface area contributed by atoms with E-state index in [1.807, 2.05) is 48.5 Å². The minimum Gasteiger partial charge on any atom is -0.494 e. The molecule has 0 radical (unpaired) electrons. The second-order valence-corrected chi connectivity index (χ2v) is 7.75. The third-order valence-corrected chi connectivity index (χ3v) is 5.60. The van der Waals surface area contributed by atoms with E-state index in [0.717, 1.165) is 16.5 Å². The maximum absolute atomic E-state index is 12.8. The summed E-state index contributed by atoms with van der Waals surface area (Å²) >= 11 is 12.2. The predicted molar refractivity (Wildman–Crippen MR) is 114 cm³/mol. The van der Waals surface area contributed by atoms with E-state index < -0.39 is 0 Å². The zero-order chi connectivity index (χ0) is 20.1. The Bertz CT molecular complexity index is 1420. The Morgan fingerprint density at radius 3 is 2.45 bits per heavy atom. The molecule has 1 aromatic heterocycles. The fourth-order valence-electron chi connectivity index (χ4n) is 3.80. The van der Waals surface area contributed by atoms with Crippen molar-refractivity contribution in [2.24, 2.45) is 4.99 Å². The fraction of sp³-hybridized carbons (Fsp3) is 0.0435. The molecule has 6 heteroatoms. The van der Waals surface area contributed by atoms with E-state index in [1.54, 1.807) is 22.8 Å². The zero-order valence-electron chi connectivity index (χ0n) is 15.1. The summed E-state index contributed by atoms with van der Waals surface area (Å²) in [6.45, 7) is 0.435. The van der Waals surface area contributed by atoms with Gasteiger partial charge in [-0.25, -0.2) is 4.99 Å². The van der Waals surface area contributed by atoms with Crippen molar-refractivity contribution in [3.63, 3.8) is 0 Å². The van der Waals surface area contributed by atoms with Crippen LogP contribution in [0.5, 0.6) is 5.88 Å². The van der Waals surface area contributed by atoms with Gasteiger partial charge in [0.2, 0.25) is 5.88 Å². The second kappa shape index (κ2) is 6.76. The number of halogens is 2. The van der Waals surface area contributed by atoms with Crippen molar-refractivity contribution in [3.8, 4) is 5.88 Å². The number of amides is 1. The molecule has 0 saturated heterocycles. The maximum atomic E-state index is 12.8. The largest absolute Gasteiger partial charge is 0.494 e. The quantitative estimate of drug-likeness (QED) is 0.543. The molecule has 0 spiro atoms. The third kappa shape index (κ3) is 2.92. The number of hydrogen-bond acceptors (Lipinski definition) is 2. The van der Waals surface area contributed by atoms with Crippen molar-refractivity contribution in [3.05, 3.63) is 98.5 Å². The number of nitrogens with zero attached hydrogens (tertiary/aromatic N) is 2. The first kappa shape index (κ1) is 18.0. The van der Waals surface area contributed by atoms with Gasteiger partial charge in [0.15, 0.2) is 0 Å². The molecule has 5 rings (SSSR count). The van der Waals surface area contributed by atoms with Gasteiger partial charge >= 0.3 is 0 Å². The minimum atomic E-state index is -0.382. The molecule has 2 heterocycles. The number of aromatic nitrogens is 1. The lowest BCUT2D eigenvalue weighted by Crippen LogP contribution is -2.22. The smallest absolute Gasteiger partial charge is 0.279 e. The van der Waals surface area contributed by atoms with Crippen LogP contribution < -0.4 is 10.6 Å². The van der Waals surface area contributed by atoms with Gasteiger partial charge in [-0.15, -0.1) is 0 Å². The highest BCUT2D eigenvalue weighted by molar-refractivity contribution is 6.31. The van der Waals surface area contributed by atoms with Gasteiger partial charge in [-0.1, -0.05) is 53.5 Å². The normalized spacial score (nSPS) is 13.0. The van der Waals surface area contributed by atoms with E-state index in [1.165, 1.54) is 0 Å². The molecule has 4 nitrogen and oxygen atoms in total. The van der Waals surface area contributed by atoms with Crippen LogP contribution in [0, 0.1) is 0 Å². The monoisotopic (exact) mass is 420 g/mol. The van der Waals surface area contributed by atoms with Gasteiger partial charge in [0.05, 0.1) is 28.6 Å². The van der Waals surface area contributed by atoms with Crippen LogP contribution in [0.15, 0.2) is 71.7 Å². The summed E-state index contributed by atoms with van der Waals surface area (Å²) < 4.78 is 1.79. The molecule has 3 aromatic carbocycles. The Balaban J connectivity index is 1.79. The average molecular weight is 421 g/mol. The molecule has 1 amide bonds. The van der Waals surface area contributed by atoms with Crippen LogP contribution in [-0.4, -0.2) is 15.6 Å². The van der Waals surface area contributed by atoms with E-state index in [4.69, 9.17) is 23.2 Å². The summed E-state index contributed by atoms with van der Waals surface area (Å²) in [7, 11) is 0. The summed E-state index contributed by atoms with van der Waals surface area (Å²) in [5.74, 6) is -0.362. The number of carbonyl (C=O) groups is 1. The summed E-state index contributed by atoms with van der Waals surface area (Å²) in [4.78, 5) is 16.9. The van der Waals surface area contributed by atoms with Crippen molar-refractivity contribution in [2.45, 2.75) is 6.54 Å². The molecule has 0 unspecified atom stereocenters. The van der Waals surface area contributed by atoms with Crippen molar-refractivity contribution in [2.75, 3.05) is 0 Å². The van der Waals surface area contributed by atoms with Crippen LogP contribution in [-0.2, 0) is 11.3 Å². The number of carbonyl (C=O) groups excluding carboxylic acids is 1. The molecule has 1 aliphatic heterocycles. The summed E-state index contributed by atoms with van der Waals surface area (Å²) in [5, 5.41) is 14.3. The maximum Gasteiger partial charge on any atom is 0.279 e. The summed E-state index contributed by atoms with van der Waals surface area (Å²) in [5.41, 5.74) is 2.65. The molecule has 0 atom stereocenters. The molecular formula is C23H14Cl2N2O2. The third-order valence-electron chi connectivity index (χ3n) is 5.11. The molecule has 0 aliphatic carbocycles. The van der Waals surface area contributed by atoms with E-state index >= 15 is 0 Å². The van der Waals surface area contributed by atoms with E-state index in [-0.39, 0.29) is 11.8 Å². The Kier molecular flexibility index (Phi) is 4.19. The number of rotatable bonds is 3. The molecular weight excluding hydrogens is 407 g/mol. The van der Waals surface area contributed by atoms with Gasteiger partial charge in [-0.05, 0) is 42.0 Å². The van der Waals surface area contributed by atoms with Crippen molar-refractivity contribution >= 4 is 45.6 Å². The standard InChI is InChI=1S/C23H14Cl2N2O2/c24-14-7-5-13(6-8-14)12-27-19-4-2-1-3-16(19)21(23(27)29)20-17-11-15(25)9-10-18(17)26-22(20)28/h1-11,29H,12H2. The van der Waals surface area contributed by atoms with Crippen LogP contribution >= 0.6 is 23.2 Å². The minimum absolute atomic E-state index is 0.0209. The number of hydrogen-bond donors (Lipinski definition) is 1. The lowest BCUT2D eigenvalue weighted by Gasteiger charge is -2.08. The second-order valence-electron chi connectivity index (χ2n) is 6.88. The molecule has 4 aromatic rings. The van der Waals surface area contributed by atoms with Crippen LogP contribution in [0.2, 0.25) is 10.0 Å². The van der Waals surface area contributed by atoms with E-state index in [0.29, 0.717) is 38.3 Å². The Morgan fingerprint density at radius 1 is 0.931 bits per heavy atom. The van der Waals surface area contributed by atoms with Gasteiger partial charge in [-0.3, -0.25) is 4.79 Å². The molecule has 29 heavy (non-hydrogen) atoms.